The van der Waals surface area contributed by atoms with E-state index in [4.69, 9.17) is 10.5 Å². The van der Waals surface area contributed by atoms with Crippen molar-refractivity contribution in [2.75, 3.05) is 6.61 Å². The molecule has 0 aromatic carbocycles. The van der Waals surface area contributed by atoms with Crippen molar-refractivity contribution in [2.45, 2.75) is 64.1 Å². The fraction of sp³-hybridized carbons (Fsp3) is 0.917. The fourth-order valence-corrected chi connectivity index (χ4v) is 1.70. The number of ether oxygens (including phenoxy) is 1. The van der Waals surface area contributed by atoms with Crippen molar-refractivity contribution < 1.29 is 9.53 Å². The molecular weight excluding hydrogens is 204 g/mol. The lowest BCUT2D eigenvalue weighted by atomic mass is 9.96. The Kier molecular flexibility index (Phi) is 4.74. The summed E-state index contributed by atoms with van der Waals surface area (Å²) in [5.41, 5.74) is 5.46. The number of hydrogen-bond acceptors (Lipinski definition) is 3. The molecule has 0 radical (unpaired) electrons. The first-order valence-electron chi connectivity index (χ1n) is 6.10. The second-order valence-corrected chi connectivity index (χ2v) is 5.23. The summed E-state index contributed by atoms with van der Waals surface area (Å²) < 4.78 is 5.48. The highest BCUT2D eigenvalue weighted by Gasteiger charge is 2.25. The summed E-state index contributed by atoms with van der Waals surface area (Å²) in [7, 11) is 0. The molecule has 0 saturated carbocycles. The molecule has 16 heavy (non-hydrogen) atoms. The maximum absolute atomic E-state index is 11.7. The number of hydrogen-bond donors (Lipinski definition) is 2. The van der Waals surface area contributed by atoms with E-state index in [9.17, 15) is 4.79 Å². The first-order valence-corrected chi connectivity index (χ1v) is 6.10. The van der Waals surface area contributed by atoms with Gasteiger partial charge in [0.2, 0.25) is 5.91 Å². The summed E-state index contributed by atoms with van der Waals surface area (Å²) in [6, 6.07) is -0.0563. The highest BCUT2D eigenvalue weighted by atomic mass is 16.5. The van der Waals surface area contributed by atoms with Crippen LogP contribution in [0.2, 0.25) is 0 Å². The number of rotatable bonds is 5. The van der Waals surface area contributed by atoms with Gasteiger partial charge in [-0.1, -0.05) is 0 Å². The van der Waals surface area contributed by atoms with Crippen molar-refractivity contribution in [3.63, 3.8) is 0 Å². The molecule has 2 unspecified atom stereocenters. The first kappa shape index (κ1) is 13.5. The Morgan fingerprint density at radius 1 is 1.62 bits per heavy atom. The number of carbonyl (C=O) groups excluding carboxylic acids is 1. The molecule has 4 nitrogen and oxygen atoms in total. The maximum atomic E-state index is 11.7. The van der Waals surface area contributed by atoms with Crippen molar-refractivity contribution in [3.8, 4) is 0 Å². The highest BCUT2D eigenvalue weighted by molar-refractivity contribution is 5.76. The molecule has 1 aliphatic heterocycles. The molecule has 1 rings (SSSR count). The van der Waals surface area contributed by atoms with Crippen LogP contribution in [0.15, 0.2) is 0 Å². The van der Waals surface area contributed by atoms with Gasteiger partial charge in [0.15, 0.2) is 0 Å². The van der Waals surface area contributed by atoms with E-state index >= 15 is 0 Å². The van der Waals surface area contributed by atoms with Gasteiger partial charge in [-0.25, -0.2) is 0 Å². The molecule has 4 heteroatoms. The molecule has 1 aliphatic rings. The maximum Gasteiger partial charge on any atom is 0.220 e. The second-order valence-electron chi connectivity index (χ2n) is 5.23. The van der Waals surface area contributed by atoms with Crippen molar-refractivity contribution in [1.82, 2.24) is 5.32 Å². The molecule has 0 bridgehead atoms. The van der Waals surface area contributed by atoms with Crippen molar-refractivity contribution >= 4 is 5.91 Å². The van der Waals surface area contributed by atoms with Crippen molar-refractivity contribution in [2.24, 2.45) is 5.73 Å². The molecule has 1 amide bonds. The zero-order chi connectivity index (χ0) is 12.2. The molecule has 94 valence electrons. The Labute approximate surface area is 97.9 Å². The lowest BCUT2D eigenvalue weighted by Crippen LogP contribution is -2.54. The standard InChI is InChI=1S/C12H24N2O2/c1-9(13)12(2,3)14-11(15)7-6-10-5-4-8-16-10/h9-10H,4-8,13H2,1-3H3,(H,14,15). The Morgan fingerprint density at radius 3 is 2.81 bits per heavy atom. The monoisotopic (exact) mass is 228 g/mol. The molecule has 2 atom stereocenters. The quantitative estimate of drug-likeness (QED) is 0.743. The van der Waals surface area contributed by atoms with Crippen LogP contribution in [0, 0.1) is 0 Å². The topological polar surface area (TPSA) is 64.3 Å². The third-order valence-corrected chi connectivity index (χ3v) is 3.32. The van der Waals surface area contributed by atoms with E-state index in [1.807, 2.05) is 20.8 Å². The fourth-order valence-electron chi connectivity index (χ4n) is 1.70. The molecule has 0 aromatic rings. The van der Waals surface area contributed by atoms with Crippen LogP contribution in [0.3, 0.4) is 0 Å². The third-order valence-electron chi connectivity index (χ3n) is 3.32. The Morgan fingerprint density at radius 2 is 2.31 bits per heavy atom. The Balaban J connectivity index is 2.24. The minimum atomic E-state index is -0.340. The molecule has 1 saturated heterocycles. The van der Waals surface area contributed by atoms with Gasteiger partial charge in [0.25, 0.3) is 0 Å². The van der Waals surface area contributed by atoms with Crippen LogP contribution in [-0.2, 0) is 9.53 Å². The predicted octanol–water partition coefficient (Wildman–Crippen LogP) is 1.19. The van der Waals surface area contributed by atoms with Gasteiger partial charge >= 0.3 is 0 Å². The van der Waals surface area contributed by atoms with E-state index in [1.165, 1.54) is 0 Å². The summed E-state index contributed by atoms with van der Waals surface area (Å²) in [6.07, 6.45) is 3.84. The van der Waals surface area contributed by atoms with Crippen LogP contribution in [0.1, 0.15) is 46.5 Å². The van der Waals surface area contributed by atoms with E-state index in [0.717, 1.165) is 25.9 Å². The lowest BCUT2D eigenvalue weighted by molar-refractivity contribution is -0.123. The summed E-state index contributed by atoms with van der Waals surface area (Å²) in [4.78, 5) is 11.7. The Bertz CT molecular complexity index is 233. The summed E-state index contributed by atoms with van der Waals surface area (Å²) in [5, 5.41) is 2.96. The van der Waals surface area contributed by atoms with Crippen LogP contribution in [-0.4, -0.2) is 30.2 Å². The third kappa shape index (κ3) is 4.10. The van der Waals surface area contributed by atoms with Crippen LogP contribution in [0.4, 0.5) is 0 Å². The molecule has 3 N–H and O–H groups in total. The molecular formula is C12H24N2O2. The molecule has 0 aliphatic carbocycles. The van der Waals surface area contributed by atoms with Gasteiger partial charge in [-0.05, 0) is 40.0 Å². The highest BCUT2D eigenvalue weighted by Crippen LogP contribution is 2.17. The normalized spacial score (nSPS) is 23.1. The largest absolute Gasteiger partial charge is 0.378 e. The van der Waals surface area contributed by atoms with Crippen LogP contribution in [0.5, 0.6) is 0 Å². The Hall–Kier alpha value is -0.610. The van der Waals surface area contributed by atoms with E-state index in [-0.39, 0.29) is 23.6 Å². The SMILES string of the molecule is CC(N)C(C)(C)NC(=O)CCC1CCCO1. The number of carbonyl (C=O) groups is 1. The van der Waals surface area contributed by atoms with Gasteiger partial charge in [-0.2, -0.15) is 0 Å². The van der Waals surface area contributed by atoms with Crippen LogP contribution in [0.25, 0.3) is 0 Å². The second kappa shape index (κ2) is 5.64. The van der Waals surface area contributed by atoms with Gasteiger partial charge in [-0.15, -0.1) is 0 Å². The molecule has 1 fully saturated rings. The van der Waals surface area contributed by atoms with Gasteiger partial charge in [0.05, 0.1) is 6.10 Å². The van der Waals surface area contributed by atoms with Gasteiger partial charge in [0, 0.05) is 24.6 Å². The molecule has 0 aromatic heterocycles. The van der Waals surface area contributed by atoms with Gasteiger partial charge in [-0.3, -0.25) is 4.79 Å². The summed E-state index contributed by atoms with van der Waals surface area (Å²) in [5.74, 6) is 0.0674. The smallest absolute Gasteiger partial charge is 0.220 e. The van der Waals surface area contributed by atoms with Crippen molar-refractivity contribution in [3.05, 3.63) is 0 Å². The predicted molar refractivity (Wildman–Crippen MR) is 64.1 cm³/mol. The zero-order valence-electron chi connectivity index (χ0n) is 10.6. The molecule has 0 spiro atoms. The summed E-state index contributed by atoms with van der Waals surface area (Å²) >= 11 is 0. The van der Waals surface area contributed by atoms with E-state index < -0.39 is 0 Å². The minimum Gasteiger partial charge on any atom is -0.378 e. The first-order chi connectivity index (χ1) is 7.42. The minimum absolute atomic E-state index is 0.0563. The lowest BCUT2D eigenvalue weighted by Gasteiger charge is -2.30. The van der Waals surface area contributed by atoms with Crippen LogP contribution >= 0.6 is 0 Å². The summed E-state index contributed by atoms with van der Waals surface area (Å²) in [6.45, 7) is 6.64. The average molecular weight is 228 g/mol. The van der Waals surface area contributed by atoms with Gasteiger partial charge in [0.1, 0.15) is 0 Å². The molecule has 1 heterocycles. The number of nitrogens with one attached hydrogen (secondary N) is 1. The van der Waals surface area contributed by atoms with E-state index in [2.05, 4.69) is 5.32 Å². The van der Waals surface area contributed by atoms with Gasteiger partial charge < -0.3 is 15.8 Å². The number of amides is 1. The van der Waals surface area contributed by atoms with Crippen molar-refractivity contribution in [1.29, 1.82) is 0 Å². The van der Waals surface area contributed by atoms with E-state index in [1.54, 1.807) is 0 Å². The average Bonchev–Trinajstić information content (AvgIpc) is 2.66. The number of nitrogens with two attached hydrogens (primary N) is 1. The van der Waals surface area contributed by atoms with E-state index in [0.29, 0.717) is 6.42 Å². The zero-order valence-corrected chi connectivity index (χ0v) is 10.6. The van der Waals surface area contributed by atoms with Crippen LogP contribution < -0.4 is 11.1 Å².